The van der Waals surface area contributed by atoms with Gasteiger partial charge in [0.15, 0.2) is 0 Å². The summed E-state index contributed by atoms with van der Waals surface area (Å²) >= 11 is 0. The molecule has 0 heterocycles. The predicted octanol–water partition coefficient (Wildman–Crippen LogP) is 4.08. The standard InChI is InChI=1S/C24H30N4O2/c1-17-9-11-21(19(3)13-17)15-25-27-23(29)7-5-6-8-24(30)28-26-16-22-12-10-18(2)14-20(22)4/h9-16H,5-8H2,1-4H3,(H,27,29)(H,28,30). The minimum Gasteiger partial charge on any atom is -0.273 e. The number of nitrogens with one attached hydrogen (secondary N) is 2. The van der Waals surface area contributed by atoms with Crippen molar-refractivity contribution in [2.75, 3.05) is 0 Å². The number of carbonyl (C=O) groups is 2. The van der Waals surface area contributed by atoms with Gasteiger partial charge < -0.3 is 0 Å². The van der Waals surface area contributed by atoms with E-state index in [0.29, 0.717) is 25.7 Å². The Morgan fingerprint density at radius 1 is 0.733 bits per heavy atom. The van der Waals surface area contributed by atoms with Crippen LogP contribution in [0.4, 0.5) is 0 Å². The van der Waals surface area contributed by atoms with Crippen molar-refractivity contribution < 1.29 is 9.59 Å². The lowest BCUT2D eigenvalue weighted by Crippen LogP contribution is -2.19. The molecular weight excluding hydrogens is 376 g/mol. The topological polar surface area (TPSA) is 82.9 Å². The van der Waals surface area contributed by atoms with Crippen LogP contribution in [0.2, 0.25) is 0 Å². The van der Waals surface area contributed by atoms with Gasteiger partial charge in [0.2, 0.25) is 11.8 Å². The van der Waals surface area contributed by atoms with Crippen LogP contribution in [0.1, 0.15) is 59.1 Å². The van der Waals surface area contributed by atoms with Crippen LogP contribution in [-0.2, 0) is 9.59 Å². The molecule has 6 heteroatoms. The van der Waals surface area contributed by atoms with Crippen LogP contribution in [-0.4, -0.2) is 24.2 Å². The summed E-state index contributed by atoms with van der Waals surface area (Å²) in [6.45, 7) is 8.08. The fourth-order valence-electron chi connectivity index (χ4n) is 2.97. The quantitative estimate of drug-likeness (QED) is 0.374. The van der Waals surface area contributed by atoms with E-state index < -0.39 is 0 Å². The summed E-state index contributed by atoms with van der Waals surface area (Å²) < 4.78 is 0. The summed E-state index contributed by atoms with van der Waals surface area (Å²) in [6, 6.07) is 12.1. The first-order valence-electron chi connectivity index (χ1n) is 10.1. The van der Waals surface area contributed by atoms with E-state index in [1.807, 2.05) is 52.0 Å². The maximum atomic E-state index is 11.9. The van der Waals surface area contributed by atoms with Gasteiger partial charge in [-0.2, -0.15) is 10.2 Å². The maximum absolute atomic E-state index is 11.9. The van der Waals surface area contributed by atoms with E-state index in [4.69, 9.17) is 0 Å². The Morgan fingerprint density at radius 3 is 1.50 bits per heavy atom. The minimum atomic E-state index is -0.163. The third-order valence-corrected chi connectivity index (χ3v) is 4.69. The summed E-state index contributed by atoms with van der Waals surface area (Å²) in [5.41, 5.74) is 11.6. The Balaban J connectivity index is 1.63. The molecule has 2 rings (SSSR count). The lowest BCUT2D eigenvalue weighted by atomic mass is 10.1. The number of hydrazone groups is 2. The molecule has 2 N–H and O–H groups in total. The van der Waals surface area contributed by atoms with Crippen LogP contribution in [0.25, 0.3) is 0 Å². The number of benzene rings is 2. The first-order valence-corrected chi connectivity index (χ1v) is 10.1. The smallest absolute Gasteiger partial charge is 0.240 e. The predicted molar refractivity (Wildman–Crippen MR) is 122 cm³/mol. The van der Waals surface area contributed by atoms with Gasteiger partial charge in [0.25, 0.3) is 0 Å². The van der Waals surface area contributed by atoms with Crippen LogP contribution >= 0.6 is 0 Å². The number of aryl methyl sites for hydroxylation is 4. The molecule has 0 bridgehead atoms. The zero-order chi connectivity index (χ0) is 21.9. The van der Waals surface area contributed by atoms with Crippen molar-refractivity contribution in [2.45, 2.75) is 53.4 Å². The lowest BCUT2D eigenvalue weighted by Gasteiger charge is -2.03. The average molecular weight is 407 g/mol. The largest absolute Gasteiger partial charge is 0.273 e. The van der Waals surface area contributed by atoms with Gasteiger partial charge in [0, 0.05) is 12.8 Å². The molecule has 0 aliphatic carbocycles. The molecule has 0 aliphatic rings. The third kappa shape index (κ3) is 7.99. The molecular formula is C24H30N4O2. The highest BCUT2D eigenvalue weighted by molar-refractivity contribution is 5.84. The average Bonchev–Trinajstić information content (AvgIpc) is 2.68. The molecule has 0 aromatic heterocycles. The molecule has 158 valence electrons. The van der Waals surface area contributed by atoms with Crippen molar-refractivity contribution in [3.05, 3.63) is 69.8 Å². The van der Waals surface area contributed by atoms with Crippen molar-refractivity contribution in [3.63, 3.8) is 0 Å². The van der Waals surface area contributed by atoms with Gasteiger partial charge in [0.1, 0.15) is 0 Å². The van der Waals surface area contributed by atoms with Crippen molar-refractivity contribution in [1.82, 2.24) is 10.9 Å². The van der Waals surface area contributed by atoms with Crippen molar-refractivity contribution >= 4 is 24.2 Å². The molecule has 0 spiro atoms. The molecule has 30 heavy (non-hydrogen) atoms. The second-order valence-electron chi connectivity index (χ2n) is 7.51. The molecule has 2 aromatic carbocycles. The van der Waals surface area contributed by atoms with Crippen LogP contribution in [0.3, 0.4) is 0 Å². The summed E-state index contributed by atoms with van der Waals surface area (Å²) in [4.78, 5) is 23.7. The van der Waals surface area contributed by atoms with E-state index in [2.05, 4.69) is 33.2 Å². The Morgan fingerprint density at radius 2 is 1.13 bits per heavy atom. The van der Waals surface area contributed by atoms with Gasteiger partial charge >= 0.3 is 0 Å². The molecule has 0 saturated heterocycles. The SMILES string of the molecule is Cc1ccc(C=NNC(=O)CCCCC(=O)NN=Cc2ccc(C)cc2C)c(C)c1. The third-order valence-electron chi connectivity index (χ3n) is 4.69. The normalized spacial score (nSPS) is 11.2. The molecule has 0 fully saturated rings. The Hall–Kier alpha value is -3.28. The lowest BCUT2D eigenvalue weighted by molar-refractivity contribution is -0.123. The molecule has 6 nitrogen and oxygen atoms in total. The van der Waals surface area contributed by atoms with Gasteiger partial charge in [0.05, 0.1) is 12.4 Å². The molecule has 0 aliphatic heterocycles. The van der Waals surface area contributed by atoms with E-state index in [0.717, 1.165) is 22.3 Å². The second-order valence-corrected chi connectivity index (χ2v) is 7.51. The fraction of sp³-hybridized carbons (Fsp3) is 0.333. The Bertz CT molecular complexity index is 871. The van der Waals surface area contributed by atoms with E-state index in [-0.39, 0.29) is 11.8 Å². The number of rotatable bonds is 9. The fourth-order valence-corrected chi connectivity index (χ4v) is 2.97. The Labute approximate surface area is 178 Å². The zero-order valence-electron chi connectivity index (χ0n) is 18.2. The minimum absolute atomic E-state index is 0.163. The number of hydrogen-bond donors (Lipinski definition) is 2. The van der Waals surface area contributed by atoms with Crippen LogP contribution < -0.4 is 10.9 Å². The van der Waals surface area contributed by atoms with Crippen molar-refractivity contribution in [3.8, 4) is 0 Å². The number of carbonyl (C=O) groups excluding carboxylic acids is 2. The first-order chi connectivity index (χ1) is 14.3. The highest BCUT2D eigenvalue weighted by atomic mass is 16.2. The maximum Gasteiger partial charge on any atom is 0.240 e. The van der Waals surface area contributed by atoms with E-state index in [1.54, 1.807) is 12.4 Å². The van der Waals surface area contributed by atoms with Crippen LogP contribution in [0.5, 0.6) is 0 Å². The number of unbranched alkanes of at least 4 members (excludes halogenated alkanes) is 1. The van der Waals surface area contributed by atoms with Gasteiger partial charge in [-0.25, -0.2) is 10.9 Å². The molecule has 0 atom stereocenters. The monoisotopic (exact) mass is 406 g/mol. The molecule has 0 unspecified atom stereocenters. The highest BCUT2D eigenvalue weighted by Gasteiger charge is 2.03. The van der Waals surface area contributed by atoms with Gasteiger partial charge in [-0.05, 0) is 62.8 Å². The second kappa shape index (κ2) is 11.7. The van der Waals surface area contributed by atoms with E-state index >= 15 is 0 Å². The van der Waals surface area contributed by atoms with Gasteiger partial charge in [-0.3, -0.25) is 9.59 Å². The van der Waals surface area contributed by atoms with Crippen molar-refractivity contribution in [2.24, 2.45) is 10.2 Å². The highest BCUT2D eigenvalue weighted by Crippen LogP contribution is 2.09. The summed E-state index contributed by atoms with van der Waals surface area (Å²) in [6.07, 6.45) is 5.16. The van der Waals surface area contributed by atoms with Crippen LogP contribution in [0, 0.1) is 27.7 Å². The van der Waals surface area contributed by atoms with E-state index in [1.165, 1.54) is 11.1 Å². The van der Waals surface area contributed by atoms with Crippen LogP contribution in [0.15, 0.2) is 46.6 Å². The van der Waals surface area contributed by atoms with Crippen molar-refractivity contribution in [1.29, 1.82) is 0 Å². The number of hydrogen-bond acceptors (Lipinski definition) is 4. The van der Waals surface area contributed by atoms with E-state index in [9.17, 15) is 9.59 Å². The van der Waals surface area contributed by atoms with Gasteiger partial charge in [-0.15, -0.1) is 0 Å². The summed E-state index contributed by atoms with van der Waals surface area (Å²) in [5.74, 6) is -0.325. The number of amides is 2. The Kier molecular flexibility index (Phi) is 8.94. The molecule has 2 aromatic rings. The number of nitrogens with zero attached hydrogens (tertiary/aromatic N) is 2. The molecule has 0 radical (unpaired) electrons. The first kappa shape index (κ1) is 23.0. The van der Waals surface area contributed by atoms with Gasteiger partial charge in [-0.1, -0.05) is 47.5 Å². The zero-order valence-corrected chi connectivity index (χ0v) is 18.2. The summed E-state index contributed by atoms with van der Waals surface area (Å²) in [7, 11) is 0. The molecule has 2 amide bonds. The summed E-state index contributed by atoms with van der Waals surface area (Å²) in [5, 5.41) is 8.01. The molecule has 0 saturated carbocycles.